The van der Waals surface area contributed by atoms with Gasteiger partial charge in [0, 0.05) is 18.7 Å². The van der Waals surface area contributed by atoms with Gasteiger partial charge in [-0.2, -0.15) is 0 Å². The number of rotatable bonds is 3. The maximum atomic E-state index is 12.5. The predicted octanol–water partition coefficient (Wildman–Crippen LogP) is 1.61. The second-order valence-electron chi connectivity index (χ2n) is 6.33. The van der Waals surface area contributed by atoms with Crippen LogP contribution < -0.4 is 5.32 Å². The van der Waals surface area contributed by atoms with Gasteiger partial charge in [0.25, 0.3) is 5.91 Å². The predicted molar refractivity (Wildman–Crippen MR) is 84.7 cm³/mol. The van der Waals surface area contributed by atoms with E-state index in [1.54, 1.807) is 24.3 Å². The second-order valence-corrected chi connectivity index (χ2v) is 6.33. The van der Waals surface area contributed by atoms with Crippen molar-refractivity contribution in [3.05, 3.63) is 35.4 Å². The van der Waals surface area contributed by atoms with Crippen molar-refractivity contribution in [3.63, 3.8) is 0 Å². The fraction of sp³-hybridized carbons (Fsp3) is 0.471. The number of carbonyl (C=O) groups is 3. The van der Waals surface area contributed by atoms with Crippen molar-refractivity contribution >= 4 is 17.8 Å². The molecule has 1 unspecified atom stereocenters. The average molecular weight is 315 g/mol. The number of nitrogens with one attached hydrogen (secondary N) is 1. The monoisotopic (exact) mass is 315 g/mol. The average Bonchev–Trinajstić information content (AvgIpc) is 2.87. The molecule has 0 aliphatic carbocycles. The molecule has 122 valence electrons. The van der Waals surface area contributed by atoms with Gasteiger partial charge in [0.05, 0.1) is 13.1 Å². The topological polar surface area (TPSA) is 69.7 Å². The van der Waals surface area contributed by atoms with Gasteiger partial charge in [-0.15, -0.1) is 0 Å². The van der Waals surface area contributed by atoms with E-state index in [9.17, 15) is 14.4 Å². The molecule has 2 heterocycles. The summed E-state index contributed by atoms with van der Waals surface area (Å²) >= 11 is 0. The fourth-order valence-corrected chi connectivity index (χ4v) is 3.11. The van der Waals surface area contributed by atoms with Gasteiger partial charge in [-0.05, 0) is 36.5 Å². The summed E-state index contributed by atoms with van der Waals surface area (Å²) in [5, 5.41) is 2.49. The molecule has 2 aliphatic rings. The zero-order valence-electron chi connectivity index (χ0n) is 13.2. The van der Waals surface area contributed by atoms with Crippen LogP contribution in [0.25, 0.3) is 0 Å². The highest BCUT2D eigenvalue weighted by atomic mass is 16.2. The number of hydrogen-bond acceptors (Lipinski definition) is 3. The van der Waals surface area contributed by atoms with Crippen molar-refractivity contribution in [1.82, 2.24) is 15.1 Å². The van der Waals surface area contributed by atoms with Crippen LogP contribution in [0.5, 0.6) is 0 Å². The first-order valence-corrected chi connectivity index (χ1v) is 8.01. The van der Waals surface area contributed by atoms with Gasteiger partial charge in [0.15, 0.2) is 0 Å². The van der Waals surface area contributed by atoms with E-state index < -0.39 is 0 Å². The Hall–Kier alpha value is -2.37. The summed E-state index contributed by atoms with van der Waals surface area (Å²) in [6, 6.07) is 6.79. The number of imide groups is 1. The molecule has 2 aliphatic heterocycles. The number of carbonyl (C=O) groups excluding carboxylic acids is 3. The standard InChI is InChI=1S/C17H21N3O3/c1-12-3-2-8-19(10-12)16(22)14-6-4-13(5-7-14)11-20-15(21)9-18-17(20)23/h4-7,12H,2-3,8-11H2,1H3,(H,18,23). The van der Waals surface area contributed by atoms with E-state index in [1.165, 1.54) is 11.3 Å². The summed E-state index contributed by atoms with van der Waals surface area (Å²) in [4.78, 5) is 38.7. The molecule has 1 aromatic rings. The van der Waals surface area contributed by atoms with Crippen molar-refractivity contribution in [2.24, 2.45) is 5.92 Å². The SMILES string of the molecule is CC1CCCN(C(=O)c2ccc(CN3C(=O)CNC3=O)cc2)C1. The zero-order valence-corrected chi connectivity index (χ0v) is 13.2. The molecule has 1 atom stereocenters. The van der Waals surface area contributed by atoms with Crippen molar-refractivity contribution in [3.8, 4) is 0 Å². The summed E-state index contributed by atoms with van der Waals surface area (Å²) in [6.45, 7) is 4.08. The number of hydrogen-bond donors (Lipinski definition) is 1. The molecule has 2 fully saturated rings. The Morgan fingerprint density at radius 2 is 2.00 bits per heavy atom. The molecule has 0 aromatic heterocycles. The third kappa shape index (κ3) is 3.36. The van der Waals surface area contributed by atoms with Gasteiger partial charge in [-0.3, -0.25) is 14.5 Å². The Morgan fingerprint density at radius 1 is 1.26 bits per heavy atom. The van der Waals surface area contributed by atoms with Crippen LogP contribution in [0, 0.1) is 5.92 Å². The summed E-state index contributed by atoms with van der Waals surface area (Å²) in [6.07, 6.45) is 2.23. The fourth-order valence-electron chi connectivity index (χ4n) is 3.11. The lowest BCUT2D eigenvalue weighted by molar-refractivity contribution is -0.125. The summed E-state index contributed by atoms with van der Waals surface area (Å²) < 4.78 is 0. The minimum Gasteiger partial charge on any atom is -0.338 e. The zero-order chi connectivity index (χ0) is 16.4. The Kier molecular flexibility index (Phi) is 4.32. The molecule has 6 heteroatoms. The third-order valence-corrected chi connectivity index (χ3v) is 4.42. The van der Waals surface area contributed by atoms with Gasteiger partial charge in [-0.25, -0.2) is 4.79 Å². The first kappa shape index (κ1) is 15.5. The van der Waals surface area contributed by atoms with Gasteiger partial charge in [-0.1, -0.05) is 19.1 Å². The van der Waals surface area contributed by atoms with Crippen LogP contribution in [0.3, 0.4) is 0 Å². The van der Waals surface area contributed by atoms with Crippen LogP contribution in [-0.4, -0.2) is 47.3 Å². The van der Waals surface area contributed by atoms with Gasteiger partial charge in [0.2, 0.25) is 5.91 Å². The highest BCUT2D eigenvalue weighted by molar-refractivity contribution is 6.01. The number of urea groups is 1. The normalized spacial score (nSPS) is 21.5. The van der Waals surface area contributed by atoms with E-state index in [0.29, 0.717) is 11.5 Å². The molecule has 4 amide bonds. The van der Waals surface area contributed by atoms with Gasteiger partial charge < -0.3 is 10.2 Å². The summed E-state index contributed by atoms with van der Waals surface area (Å²) in [7, 11) is 0. The van der Waals surface area contributed by atoms with Crippen LogP contribution >= 0.6 is 0 Å². The number of piperidine rings is 1. The second kappa shape index (κ2) is 6.40. The van der Waals surface area contributed by atoms with Gasteiger partial charge >= 0.3 is 6.03 Å². The molecule has 3 rings (SSSR count). The maximum Gasteiger partial charge on any atom is 0.324 e. The molecule has 0 radical (unpaired) electrons. The van der Waals surface area contributed by atoms with E-state index in [-0.39, 0.29) is 30.9 Å². The maximum absolute atomic E-state index is 12.5. The Balaban J connectivity index is 1.66. The van der Waals surface area contributed by atoms with Gasteiger partial charge in [0.1, 0.15) is 0 Å². The highest BCUT2D eigenvalue weighted by Gasteiger charge is 2.28. The summed E-state index contributed by atoms with van der Waals surface area (Å²) in [5.74, 6) is 0.377. The molecule has 23 heavy (non-hydrogen) atoms. The van der Waals surface area contributed by atoms with Crippen LogP contribution in [0.1, 0.15) is 35.7 Å². The Bertz CT molecular complexity index is 610. The van der Waals surface area contributed by atoms with E-state index in [1.807, 2.05) is 4.90 Å². The molecule has 6 nitrogen and oxygen atoms in total. The van der Waals surface area contributed by atoms with Crippen molar-refractivity contribution in [2.45, 2.75) is 26.3 Å². The third-order valence-electron chi connectivity index (χ3n) is 4.42. The van der Waals surface area contributed by atoms with Crippen LogP contribution in [0.15, 0.2) is 24.3 Å². The number of nitrogens with zero attached hydrogens (tertiary/aromatic N) is 2. The Labute approximate surface area is 135 Å². The van der Waals surface area contributed by atoms with E-state index in [4.69, 9.17) is 0 Å². The molecular weight excluding hydrogens is 294 g/mol. The largest absolute Gasteiger partial charge is 0.338 e. The molecule has 1 aromatic carbocycles. The van der Waals surface area contributed by atoms with E-state index in [0.717, 1.165) is 25.1 Å². The molecule has 2 saturated heterocycles. The molecule has 0 saturated carbocycles. The van der Waals surface area contributed by atoms with Crippen molar-refractivity contribution in [2.75, 3.05) is 19.6 Å². The Morgan fingerprint density at radius 3 is 2.61 bits per heavy atom. The molecule has 0 bridgehead atoms. The quantitative estimate of drug-likeness (QED) is 0.862. The van der Waals surface area contributed by atoms with Crippen LogP contribution in [0.2, 0.25) is 0 Å². The minimum absolute atomic E-state index is 0.0538. The smallest absolute Gasteiger partial charge is 0.324 e. The number of amides is 4. The lowest BCUT2D eigenvalue weighted by Gasteiger charge is -2.31. The molecular formula is C17H21N3O3. The summed E-state index contributed by atoms with van der Waals surface area (Å²) in [5.41, 5.74) is 1.49. The lowest BCUT2D eigenvalue weighted by atomic mass is 9.99. The first-order valence-electron chi connectivity index (χ1n) is 8.01. The minimum atomic E-state index is -0.363. The molecule has 1 N–H and O–H groups in total. The van der Waals surface area contributed by atoms with Crippen molar-refractivity contribution in [1.29, 1.82) is 0 Å². The highest BCUT2D eigenvalue weighted by Crippen LogP contribution is 2.18. The van der Waals surface area contributed by atoms with Crippen LogP contribution in [-0.2, 0) is 11.3 Å². The molecule has 0 spiro atoms. The lowest BCUT2D eigenvalue weighted by Crippen LogP contribution is -2.39. The van der Waals surface area contributed by atoms with Crippen LogP contribution in [0.4, 0.5) is 4.79 Å². The van der Waals surface area contributed by atoms with E-state index in [2.05, 4.69) is 12.2 Å². The van der Waals surface area contributed by atoms with Crippen molar-refractivity contribution < 1.29 is 14.4 Å². The number of benzene rings is 1. The first-order chi connectivity index (χ1) is 11.0. The van der Waals surface area contributed by atoms with E-state index >= 15 is 0 Å². The number of likely N-dealkylation sites (tertiary alicyclic amines) is 1.